The van der Waals surface area contributed by atoms with Gasteiger partial charge >= 0.3 is 5.97 Å². The summed E-state index contributed by atoms with van der Waals surface area (Å²) in [5.41, 5.74) is 1.51. The van der Waals surface area contributed by atoms with Gasteiger partial charge in [0.15, 0.2) is 0 Å². The normalized spacial score (nSPS) is 25.3. The van der Waals surface area contributed by atoms with Gasteiger partial charge in [0.25, 0.3) is 0 Å². The molecule has 2 heterocycles. The zero-order valence-electron chi connectivity index (χ0n) is 8.36. The summed E-state index contributed by atoms with van der Waals surface area (Å²) in [6.45, 7) is 1.78. The highest BCUT2D eigenvalue weighted by Crippen LogP contribution is 2.34. The van der Waals surface area contributed by atoms with E-state index in [9.17, 15) is 9.59 Å². The Bertz CT molecular complexity index is 387. The van der Waals surface area contributed by atoms with Gasteiger partial charge in [-0.25, -0.2) is 4.98 Å². The first kappa shape index (κ1) is 10.3. The smallest absolute Gasteiger partial charge is 0.320 e. The third-order valence-corrected chi connectivity index (χ3v) is 3.43. The van der Waals surface area contributed by atoms with Crippen molar-refractivity contribution in [2.45, 2.75) is 19.8 Å². The number of hydrogen-bond acceptors (Lipinski definition) is 5. The molecule has 80 valence electrons. The monoisotopic (exact) mass is 225 g/mol. The van der Waals surface area contributed by atoms with Crippen LogP contribution in [0.3, 0.4) is 0 Å². The molecule has 0 amide bonds. The number of ether oxygens (including phenoxy) is 1. The molecule has 1 aliphatic rings. The molecule has 0 N–H and O–H groups in total. The van der Waals surface area contributed by atoms with E-state index >= 15 is 0 Å². The Kier molecular flexibility index (Phi) is 2.56. The van der Waals surface area contributed by atoms with Crippen LogP contribution in [0.1, 0.15) is 19.0 Å². The highest BCUT2D eigenvalue weighted by Gasteiger charge is 2.49. The summed E-state index contributed by atoms with van der Waals surface area (Å²) in [7, 11) is 0. The van der Waals surface area contributed by atoms with E-state index in [0.717, 1.165) is 5.69 Å². The maximum atomic E-state index is 11.6. The molecule has 5 heteroatoms. The van der Waals surface area contributed by atoms with Crippen LogP contribution >= 0.6 is 11.3 Å². The second-order valence-electron chi connectivity index (χ2n) is 3.68. The van der Waals surface area contributed by atoms with Gasteiger partial charge in [-0.15, -0.1) is 11.3 Å². The summed E-state index contributed by atoms with van der Waals surface area (Å²) in [5, 5.41) is 1.86. The molecule has 1 unspecified atom stereocenters. The molecule has 0 radical (unpaired) electrons. The van der Waals surface area contributed by atoms with E-state index < -0.39 is 11.4 Å². The molecule has 0 aromatic carbocycles. The first-order chi connectivity index (χ1) is 7.15. The molecule has 1 saturated heterocycles. The maximum absolute atomic E-state index is 11.6. The largest absolute Gasteiger partial charge is 0.465 e. The molecule has 1 aromatic rings. The van der Waals surface area contributed by atoms with Crippen LogP contribution in [-0.4, -0.2) is 23.3 Å². The van der Waals surface area contributed by atoms with Gasteiger partial charge in [0.2, 0.25) is 0 Å². The van der Waals surface area contributed by atoms with E-state index in [-0.39, 0.29) is 5.78 Å². The van der Waals surface area contributed by atoms with Crippen molar-refractivity contribution in [1.29, 1.82) is 0 Å². The zero-order valence-corrected chi connectivity index (χ0v) is 9.17. The van der Waals surface area contributed by atoms with Crippen molar-refractivity contribution >= 4 is 23.1 Å². The van der Waals surface area contributed by atoms with Gasteiger partial charge in [-0.2, -0.15) is 0 Å². The number of ketones is 1. The molecule has 4 nitrogen and oxygen atoms in total. The number of Topliss-reactive ketones (excluding diaryl/α,β-unsaturated/α-hetero) is 1. The summed E-state index contributed by atoms with van der Waals surface area (Å²) in [5.74, 6) is -0.527. The number of cyclic esters (lactones) is 1. The minimum atomic E-state index is -0.978. The molecule has 0 saturated carbocycles. The van der Waals surface area contributed by atoms with E-state index in [1.54, 1.807) is 5.51 Å². The second kappa shape index (κ2) is 3.73. The Morgan fingerprint density at radius 1 is 1.73 bits per heavy atom. The van der Waals surface area contributed by atoms with Crippen molar-refractivity contribution in [2.75, 3.05) is 6.61 Å². The molecule has 0 aliphatic carbocycles. The summed E-state index contributed by atoms with van der Waals surface area (Å²) < 4.78 is 4.89. The first-order valence-corrected chi connectivity index (χ1v) is 5.65. The van der Waals surface area contributed by atoms with Crippen LogP contribution in [0, 0.1) is 5.41 Å². The molecular weight excluding hydrogens is 214 g/mol. The van der Waals surface area contributed by atoms with Crippen LogP contribution < -0.4 is 0 Å². The van der Waals surface area contributed by atoms with Gasteiger partial charge in [0.1, 0.15) is 11.2 Å². The average Bonchev–Trinajstić information content (AvgIpc) is 2.78. The van der Waals surface area contributed by atoms with Gasteiger partial charge in [0.05, 0.1) is 17.8 Å². The summed E-state index contributed by atoms with van der Waals surface area (Å²) in [6.07, 6.45) is 0.837. The van der Waals surface area contributed by atoms with Gasteiger partial charge < -0.3 is 4.74 Å². The molecular formula is C10H11NO3S. The van der Waals surface area contributed by atoms with E-state index in [1.165, 1.54) is 18.3 Å². The second-order valence-corrected chi connectivity index (χ2v) is 4.40. The number of carbonyl (C=O) groups excluding carboxylic acids is 2. The predicted octanol–water partition coefficient (Wildman–Crippen LogP) is 1.21. The Morgan fingerprint density at radius 2 is 2.53 bits per heavy atom. The standard InChI is InChI=1S/C10H11NO3S/c1-7(12)10(2-3-14-9(10)13)4-8-5-15-6-11-8/h5-6H,2-4H2,1H3. The summed E-state index contributed by atoms with van der Waals surface area (Å²) in [6, 6.07) is 0. The maximum Gasteiger partial charge on any atom is 0.320 e. The number of thiazole rings is 1. The quantitative estimate of drug-likeness (QED) is 0.573. The van der Waals surface area contributed by atoms with Crippen LogP contribution in [0.5, 0.6) is 0 Å². The molecule has 1 atom stereocenters. The minimum absolute atomic E-state index is 0.127. The number of hydrogen-bond donors (Lipinski definition) is 0. The first-order valence-electron chi connectivity index (χ1n) is 4.70. The van der Waals surface area contributed by atoms with Crippen molar-refractivity contribution < 1.29 is 14.3 Å². The van der Waals surface area contributed by atoms with E-state index in [4.69, 9.17) is 4.74 Å². The third-order valence-electron chi connectivity index (χ3n) is 2.79. The van der Waals surface area contributed by atoms with Gasteiger partial charge in [0, 0.05) is 18.2 Å². The Labute approximate surface area is 91.3 Å². The fourth-order valence-corrected chi connectivity index (χ4v) is 2.36. The summed E-state index contributed by atoms with van der Waals surface area (Å²) >= 11 is 1.46. The number of carbonyl (C=O) groups is 2. The molecule has 0 spiro atoms. The Balaban J connectivity index is 2.28. The fraction of sp³-hybridized carbons (Fsp3) is 0.500. The number of aromatic nitrogens is 1. The van der Waals surface area contributed by atoms with Crippen molar-refractivity contribution in [3.63, 3.8) is 0 Å². The van der Waals surface area contributed by atoms with Gasteiger partial charge in [-0.1, -0.05) is 0 Å². The lowest BCUT2D eigenvalue weighted by atomic mass is 9.78. The van der Waals surface area contributed by atoms with Crippen molar-refractivity contribution in [1.82, 2.24) is 4.98 Å². The number of esters is 1. The lowest BCUT2D eigenvalue weighted by Crippen LogP contribution is -2.36. The van der Waals surface area contributed by atoms with Crippen molar-refractivity contribution in [3.05, 3.63) is 16.6 Å². The predicted molar refractivity (Wildman–Crippen MR) is 54.5 cm³/mol. The number of nitrogens with zero attached hydrogens (tertiary/aromatic N) is 1. The highest BCUT2D eigenvalue weighted by molar-refractivity contribution is 7.07. The minimum Gasteiger partial charge on any atom is -0.465 e. The van der Waals surface area contributed by atoms with Crippen molar-refractivity contribution in [3.8, 4) is 0 Å². The number of rotatable bonds is 3. The van der Waals surface area contributed by atoms with Gasteiger partial charge in [-0.05, 0) is 6.92 Å². The van der Waals surface area contributed by atoms with Crippen LogP contribution in [0.15, 0.2) is 10.9 Å². The van der Waals surface area contributed by atoms with E-state index in [0.29, 0.717) is 19.4 Å². The van der Waals surface area contributed by atoms with Crippen LogP contribution in [0.4, 0.5) is 0 Å². The molecule has 0 bridgehead atoms. The van der Waals surface area contributed by atoms with Crippen LogP contribution in [0.2, 0.25) is 0 Å². The van der Waals surface area contributed by atoms with Gasteiger partial charge in [-0.3, -0.25) is 9.59 Å². The summed E-state index contributed by atoms with van der Waals surface area (Å²) in [4.78, 5) is 27.3. The third kappa shape index (κ3) is 1.67. The van der Waals surface area contributed by atoms with E-state index in [1.807, 2.05) is 5.38 Å². The molecule has 15 heavy (non-hydrogen) atoms. The molecule has 2 rings (SSSR count). The lowest BCUT2D eigenvalue weighted by Gasteiger charge is -2.19. The van der Waals surface area contributed by atoms with Crippen molar-refractivity contribution in [2.24, 2.45) is 5.41 Å². The molecule has 1 fully saturated rings. The zero-order chi connectivity index (χ0) is 10.9. The average molecular weight is 225 g/mol. The Hall–Kier alpha value is -1.23. The highest BCUT2D eigenvalue weighted by atomic mass is 32.1. The fourth-order valence-electron chi connectivity index (χ4n) is 1.80. The van der Waals surface area contributed by atoms with Crippen LogP contribution in [-0.2, 0) is 20.7 Å². The topological polar surface area (TPSA) is 56.3 Å². The van der Waals surface area contributed by atoms with Crippen LogP contribution in [0.25, 0.3) is 0 Å². The Morgan fingerprint density at radius 3 is 3.00 bits per heavy atom. The van der Waals surface area contributed by atoms with E-state index in [2.05, 4.69) is 4.98 Å². The molecule has 1 aromatic heterocycles. The molecule has 1 aliphatic heterocycles. The lowest BCUT2D eigenvalue weighted by molar-refractivity contribution is -0.150. The SMILES string of the molecule is CC(=O)C1(Cc2cscn2)CCOC1=O.